The van der Waals surface area contributed by atoms with Crippen molar-refractivity contribution < 1.29 is 0 Å². The smallest absolute Gasteiger partial charge is 0.162 e. The van der Waals surface area contributed by atoms with Crippen LogP contribution in [-0.2, 0) is 12.8 Å². The maximum Gasteiger partial charge on any atom is 0.162 e. The maximum absolute atomic E-state index is 5.19. The third-order valence-corrected chi connectivity index (χ3v) is 7.77. The molecule has 7 rings (SSSR count). The zero-order valence-corrected chi connectivity index (χ0v) is 20.5. The lowest BCUT2D eigenvalue weighted by molar-refractivity contribution is 0.586. The Morgan fingerprint density at radius 3 is 2.67 bits per heavy atom. The summed E-state index contributed by atoms with van der Waals surface area (Å²) in [4.78, 5) is 21.8. The highest BCUT2D eigenvalue weighted by atomic mass is 15.2. The highest BCUT2D eigenvalue weighted by molar-refractivity contribution is 5.94. The number of pyridine rings is 2. The second kappa shape index (κ2) is 9.13. The van der Waals surface area contributed by atoms with E-state index in [-0.39, 0.29) is 0 Å². The Kier molecular flexibility index (Phi) is 5.50. The zero-order chi connectivity index (χ0) is 23.9. The normalized spacial score (nSPS) is 19.8. The summed E-state index contributed by atoms with van der Waals surface area (Å²) in [6.45, 7) is 3.84. The number of aromatic nitrogens is 4. The third kappa shape index (κ3) is 4.17. The summed E-state index contributed by atoms with van der Waals surface area (Å²) >= 11 is 0. The molecule has 3 aliphatic rings. The van der Waals surface area contributed by atoms with E-state index in [4.69, 9.17) is 9.97 Å². The minimum Gasteiger partial charge on any atom is -0.367 e. The molecule has 2 aliphatic carbocycles. The molecule has 1 atom stereocenters. The summed E-state index contributed by atoms with van der Waals surface area (Å²) in [6.07, 6.45) is 11.5. The van der Waals surface area contributed by atoms with E-state index in [1.807, 2.05) is 24.7 Å². The number of nitrogens with zero attached hydrogens (tertiary/aromatic N) is 5. The van der Waals surface area contributed by atoms with Gasteiger partial charge in [-0.15, -0.1) is 0 Å². The van der Waals surface area contributed by atoms with Crippen molar-refractivity contribution in [1.82, 2.24) is 25.3 Å². The summed E-state index contributed by atoms with van der Waals surface area (Å²) in [5.74, 6) is 3.27. The molecule has 1 aromatic carbocycles. The third-order valence-electron chi connectivity index (χ3n) is 7.77. The number of rotatable bonds is 5. The van der Waals surface area contributed by atoms with Crippen LogP contribution in [0.1, 0.15) is 41.9 Å². The summed E-state index contributed by atoms with van der Waals surface area (Å²) < 4.78 is 0. The van der Waals surface area contributed by atoms with Crippen LogP contribution in [-0.4, -0.2) is 52.2 Å². The molecule has 2 N–H and O–H groups in total. The first-order valence-electron chi connectivity index (χ1n) is 13.2. The predicted octanol–water partition coefficient (Wildman–Crippen LogP) is 4.34. The van der Waals surface area contributed by atoms with Gasteiger partial charge in [-0.2, -0.15) is 0 Å². The summed E-state index contributed by atoms with van der Waals surface area (Å²) in [5, 5.41) is 8.34. The van der Waals surface area contributed by atoms with Crippen LogP contribution in [0.2, 0.25) is 0 Å². The van der Waals surface area contributed by atoms with E-state index >= 15 is 0 Å². The van der Waals surface area contributed by atoms with Crippen molar-refractivity contribution in [1.29, 1.82) is 0 Å². The molecule has 0 bridgehead atoms. The Morgan fingerprint density at radius 1 is 0.944 bits per heavy atom. The van der Waals surface area contributed by atoms with E-state index < -0.39 is 0 Å². The number of aryl methyl sites for hydroxylation is 1. The molecule has 0 radical (unpaired) electrons. The van der Waals surface area contributed by atoms with Crippen LogP contribution in [0.3, 0.4) is 0 Å². The molecule has 0 spiro atoms. The monoisotopic (exact) mass is 477 g/mol. The van der Waals surface area contributed by atoms with Gasteiger partial charge in [0, 0.05) is 55.6 Å². The van der Waals surface area contributed by atoms with Gasteiger partial charge in [0.25, 0.3) is 0 Å². The molecule has 1 saturated heterocycles. The van der Waals surface area contributed by atoms with Crippen LogP contribution in [0, 0.1) is 0 Å². The van der Waals surface area contributed by atoms with E-state index in [1.165, 1.54) is 34.9 Å². The molecule has 36 heavy (non-hydrogen) atoms. The fourth-order valence-electron chi connectivity index (χ4n) is 5.71. The Balaban J connectivity index is 1.23. The molecular formula is C29H31N7. The first-order valence-corrected chi connectivity index (χ1v) is 13.2. The molecule has 7 nitrogen and oxygen atoms in total. The highest BCUT2D eigenvalue weighted by Gasteiger charge is 2.29. The SMILES string of the molecule is c1ccc2c(c1)CCC(Nc1cc(-c3nc(N4CCNCC4)c4c(C5CC5)cncc4n3)ccn1)C2. The Hall–Kier alpha value is -3.58. The molecule has 1 unspecified atom stereocenters. The van der Waals surface area contributed by atoms with Gasteiger partial charge >= 0.3 is 0 Å². The van der Waals surface area contributed by atoms with Crippen molar-refractivity contribution in [3.05, 3.63) is 71.7 Å². The molecule has 1 saturated carbocycles. The first-order chi connectivity index (χ1) is 17.8. The molecule has 182 valence electrons. The van der Waals surface area contributed by atoms with Crippen molar-refractivity contribution in [3.63, 3.8) is 0 Å². The average Bonchev–Trinajstić information content (AvgIpc) is 3.78. The van der Waals surface area contributed by atoms with E-state index in [1.54, 1.807) is 0 Å². The molecule has 4 aromatic rings. The Morgan fingerprint density at radius 2 is 1.81 bits per heavy atom. The molecule has 7 heteroatoms. The number of piperazine rings is 1. The summed E-state index contributed by atoms with van der Waals surface area (Å²) in [5.41, 5.74) is 6.14. The number of anilines is 2. The quantitative estimate of drug-likeness (QED) is 0.443. The van der Waals surface area contributed by atoms with Gasteiger partial charge in [0.1, 0.15) is 11.6 Å². The fraction of sp³-hybridized carbons (Fsp3) is 0.379. The number of benzene rings is 1. The molecular weight excluding hydrogens is 446 g/mol. The number of nitrogens with one attached hydrogen (secondary N) is 2. The molecule has 3 aromatic heterocycles. The average molecular weight is 478 g/mol. The van der Waals surface area contributed by atoms with Crippen molar-refractivity contribution in [2.24, 2.45) is 0 Å². The van der Waals surface area contributed by atoms with Crippen LogP contribution in [0.25, 0.3) is 22.3 Å². The van der Waals surface area contributed by atoms with Gasteiger partial charge in [-0.25, -0.2) is 15.0 Å². The summed E-state index contributed by atoms with van der Waals surface area (Å²) in [7, 11) is 0. The van der Waals surface area contributed by atoms with Crippen LogP contribution in [0.15, 0.2) is 55.0 Å². The largest absolute Gasteiger partial charge is 0.367 e. The molecule has 4 heterocycles. The predicted molar refractivity (Wildman–Crippen MR) is 143 cm³/mol. The van der Waals surface area contributed by atoms with Crippen LogP contribution < -0.4 is 15.5 Å². The molecule has 1 aliphatic heterocycles. The van der Waals surface area contributed by atoms with Gasteiger partial charge < -0.3 is 15.5 Å². The zero-order valence-electron chi connectivity index (χ0n) is 20.5. The Bertz CT molecular complexity index is 1410. The van der Waals surface area contributed by atoms with Crippen LogP contribution >= 0.6 is 0 Å². The van der Waals surface area contributed by atoms with E-state index in [0.717, 1.165) is 74.0 Å². The van der Waals surface area contributed by atoms with Gasteiger partial charge in [-0.3, -0.25) is 4.98 Å². The van der Waals surface area contributed by atoms with Gasteiger partial charge in [0.15, 0.2) is 5.82 Å². The minimum atomic E-state index is 0.377. The fourth-order valence-corrected chi connectivity index (χ4v) is 5.71. The topological polar surface area (TPSA) is 78.9 Å². The van der Waals surface area contributed by atoms with Crippen LogP contribution in [0.4, 0.5) is 11.6 Å². The second-order valence-corrected chi connectivity index (χ2v) is 10.3. The number of fused-ring (bicyclic) bond motifs is 2. The lowest BCUT2D eigenvalue weighted by Crippen LogP contribution is -2.44. The van der Waals surface area contributed by atoms with Crippen LogP contribution in [0.5, 0.6) is 0 Å². The number of hydrogen-bond donors (Lipinski definition) is 2. The van der Waals surface area contributed by atoms with Gasteiger partial charge in [0.2, 0.25) is 0 Å². The van der Waals surface area contributed by atoms with Gasteiger partial charge in [-0.05, 0) is 66.8 Å². The van der Waals surface area contributed by atoms with Crippen molar-refractivity contribution >= 4 is 22.5 Å². The molecule has 0 amide bonds. The lowest BCUT2D eigenvalue weighted by atomic mass is 9.88. The maximum atomic E-state index is 5.19. The van der Waals surface area contributed by atoms with Crippen molar-refractivity contribution in [2.75, 3.05) is 36.4 Å². The van der Waals surface area contributed by atoms with Gasteiger partial charge in [-0.1, -0.05) is 24.3 Å². The molecule has 2 fully saturated rings. The van der Waals surface area contributed by atoms with Crippen molar-refractivity contribution in [3.8, 4) is 11.4 Å². The van der Waals surface area contributed by atoms with E-state index in [0.29, 0.717) is 12.0 Å². The minimum absolute atomic E-state index is 0.377. The van der Waals surface area contributed by atoms with Crippen molar-refractivity contribution in [2.45, 2.75) is 44.1 Å². The lowest BCUT2D eigenvalue weighted by Gasteiger charge is -2.30. The van der Waals surface area contributed by atoms with Gasteiger partial charge in [0.05, 0.1) is 11.7 Å². The highest BCUT2D eigenvalue weighted by Crippen LogP contribution is 2.44. The Labute approximate surface area is 211 Å². The second-order valence-electron chi connectivity index (χ2n) is 10.3. The standard InChI is InChI=1S/C29H31N7/c1-2-4-21-15-23(8-7-19(21)3-1)33-26-16-22(9-10-32-26)28-34-25-18-31-17-24(20-5-6-20)27(25)29(35-28)36-13-11-30-12-14-36/h1-4,9-10,16-18,20,23,30H,5-8,11-15H2,(H,32,33). The first kappa shape index (κ1) is 21.7. The number of hydrogen-bond acceptors (Lipinski definition) is 7. The van der Waals surface area contributed by atoms with E-state index in [9.17, 15) is 0 Å². The summed E-state index contributed by atoms with van der Waals surface area (Å²) in [6, 6.07) is 13.3. The van der Waals surface area contributed by atoms with E-state index in [2.05, 4.69) is 55.8 Å².